The number of carbonyl (C=O) groups is 1. The van der Waals surface area contributed by atoms with Crippen LogP contribution in [0, 0.1) is 0 Å². The molecule has 1 amide bonds. The molecule has 21 heavy (non-hydrogen) atoms. The predicted octanol–water partition coefficient (Wildman–Crippen LogP) is 3.56. The van der Waals surface area contributed by atoms with E-state index in [1.807, 2.05) is 13.8 Å². The zero-order chi connectivity index (χ0) is 15.8. The van der Waals surface area contributed by atoms with Crippen LogP contribution in [0.4, 0.5) is 4.79 Å². The van der Waals surface area contributed by atoms with Crippen LogP contribution in [0.25, 0.3) is 0 Å². The van der Waals surface area contributed by atoms with Gasteiger partial charge in [0, 0.05) is 33.2 Å². The van der Waals surface area contributed by atoms with Crippen molar-refractivity contribution in [3.05, 3.63) is 29.3 Å². The molecule has 5 nitrogen and oxygen atoms in total. The van der Waals surface area contributed by atoms with Crippen LogP contribution in [0.2, 0.25) is 5.02 Å². The molecule has 0 aliphatic heterocycles. The van der Waals surface area contributed by atoms with Crippen molar-refractivity contribution >= 4 is 17.7 Å². The molecule has 0 aromatic heterocycles. The van der Waals surface area contributed by atoms with Crippen molar-refractivity contribution in [3.63, 3.8) is 0 Å². The van der Waals surface area contributed by atoms with E-state index in [4.69, 9.17) is 25.8 Å². The minimum atomic E-state index is -0.441. The summed E-state index contributed by atoms with van der Waals surface area (Å²) in [5, 5.41) is 0.404. The van der Waals surface area contributed by atoms with E-state index in [1.54, 1.807) is 43.4 Å². The maximum atomic E-state index is 12.3. The zero-order valence-electron chi connectivity index (χ0n) is 12.8. The summed E-state index contributed by atoms with van der Waals surface area (Å²) < 4.78 is 15.6. The Labute approximate surface area is 130 Å². The summed E-state index contributed by atoms with van der Waals surface area (Å²) in [7, 11) is 3.13. The summed E-state index contributed by atoms with van der Waals surface area (Å²) in [6, 6.07) is 6.87. The van der Waals surface area contributed by atoms with Gasteiger partial charge in [0.15, 0.2) is 12.0 Å². The molecular weight excluding hydrogens is 294 g/mol. The zero-order valence-corrected chi connectivity index (χ0v) is 13.6. The molecule has 6 heteroatoms. The highest BCUT2D eigenvalue weighted by molar-refractivity contribution is 6.32. The third-order valence-electron chi connectivity index (χ3n) is 3.02. The topological polar surface area (TPSA) is 48.0 Å². The normalized spacial score (nSPS) is 11.0. The van der Waals surface area contributed by atoms with E-state index in [2.05, 4.69) is 0 Å². The number of carbonyl (C=O) groups excluding carboxylic acids is 1. The first-order chi connectivity index (χ1) is 9.99. The first kappa shape index (κ1) is 17.8. The van der Waals surface area contributed by atoms with Gasteiger partial charge in [-0.25, -0.2) is 4.79 Å². The standard InChI is InChI=1S/C15H22ClNO4/c1-11(2)17(10-9-14(19-3)20-4)15(18)21-13-8-6-5-7-12(13)16/h5-8,11,14H,9-10H2,1-4H3. The van der Waals surface area contributed by atoms with E-state index in [1.165, 1.54) is 0 Å². The number of halogens is 1. The summed E-state index contributed by atoms with van der Waals surface area (Å²) in [4.78, 5) is 13.9. The van der Waals surface area contributed by atoms with Gasteiger partial charge in [-0.1, -0.05) is 23.7 Å². The summed E-state index contributed by atoms with van der Waals surface area (Å²) >= 11 is 5.99. The molecule has 0 saturated heterocycles. The Bertz CT molecular complexity index is 449. The molecule has 0 aliphatic carbocycles. The van der Waals surface area contributed by atoms with Crippen molar-refractivity contribution in [1.82, 2.24) is 4.90 Å². The SMILES string of the molecule is COC(CCN(C(=O)Oc1ccccc1Cl)C(C)C)OC. The summed E-state index contributed by atoms with van der Waals surface area (Å²) in [6.45, 7) is 4.30. The van der Waals surface area contributed by atoms with E-state index in [9.17, 15) is 4.79 Å². The first-order valence-corrected chi connectivity index (χ1v) is 7.16. The number of para-hydroxylation sites is 1. The van der Waals surface area contributed by atoms with Crippen molar-refractivity contribution in [2.24, 2.45) is 0 Å². The second-order valence-electron chi connectivity index (χ2n) is 4.78. The van der Waals surface area contributed by atoms with Gasteiger partial charge in [-0.3, -0.25) is 0 Å². The maximum absolute atomic E-state index is 12.3. The van der Waals surface area contributed by atoms with Crippen LogP contribution in [-0.4, -0.2) is 44.1 Å². The van der Waals surface area contributed by atoms with E-state index in [0.29, 0.717) is 23.7 Å². The largest absolute Gasteiger partial charge is 0.415 e. The Morgan fingerprint density at radius 1 is 1.24 bits per heavy atom. The highest BCUT2D eigenvalue weighted by Crippen LogP contribution is 2.24. The Kier molecular flexibility index (Phi) is 7.50. The Balaban J connectivity index is 2.67. The number of hydrogen-bond donors (Lipinski definition) is 0. The van der Waals surface area contributed by atoms with Gasteiger partial charge in [-0.15, -0.1) is 0 Å². The number of rotatable bonds is 7. The lowest BCUT2D eigenvalue weighted by Gasteiger charge is -2.27. The van der Waals surface area contributed by atoms with Crippen molar-refractivity contribution in [2.45, 2.75) is 32.6 Å². The predicted molar refractivity (Wildman–Crippen MR) is 81.7 cm³/mol. The van der Waals surface area contributed by atoms with Crippen molar-refractivity contribution in [1.29, 1.82) is 0 Å². The molecule has 1 aromatic carbocycles. The average molecular weight is 316 g/mol. The molecule has 0 unspecified atom stereocenters. The van der Waals surface area contributed by atoms with Crippen molar-refractivity contribution < 1.29 is 19.0 Å². The van der Waals surface area contributed by atoms with Crippen LogP contribution >= 0.6 is 11.6 Å². The lowest BCUT2D eigenvalue weighted by Crippen LogP contribution is -2.41. The highest BCUT2D eigenvalue weighted by atomic mass is 35.5. The molecule has 0 radical (unpaired) electrons. The van der Waals surface area contributed by atoms with Crippen LogP contribution in [0.3, 0.4) is 0 Å². The van der Waals surface area contributed by atoms with Gasteiger partial charge in [-0.05, 0) is 26.0 Å². The molecule has 1 rings (SSSR count). The van der Waals surface area contributed by atoms with E-state index < -0.39 is 6.09 Å². The number of amides is 1. The fraction of sp³-hybridized carbons (Fsp3) is 0.533. The Morgan fingerprint density at radius 2 is 1.86 bits per heavy atom. The quantitative estimate of drug-likeness (QED) is 0.722. The monoisotopic (exact) mass is 315 g/mol. The van der Waals surface area contributed by atoms with Gasteiger partial charge in [-0.2, -0.15) is 0 Å². The van der Waals surface area contributed by atoms with Crippen molar-refractivity contribution in [3.8, 4) is 5.75 Å². The fourth-order valence-corrected chi connectivity index (χ4v) is 1.99. The Morgan fingerprint density at radius 3 is 2.38 bits per heavy atom. The molecule has 0 fully saturated rings. The number of benzene rings is 1. The summed E-state index contributed by atoms with van der Waals surface area (Å²) in [5.41, 5.74) is 0. The second-order valence-corrected chi connectivity index (χ2v) is 5.18. The minimum absolute atomic E-state index is 0.00523. The van der Waals surface area contributed by atoms with Gasteiger partial charge in [0.1, 0.15) is 0 Å². The summed E-state index contributed by atoms with van der Waals surface area (Å²) in [5.74, 6) is 0.352. The van der Waals surface area contributed by atoms with E-state index in [0.717, 1.165) is 0 Å². The van der Waals surface area contributed by atoms with Crippen LogP contribution in [0.5, 0.6) is 5.75 Å². The van der Waals surface area contributed by atoms with Crippen LogP contribution in [0.15, 0.2) is 24.3 Å². The third-order valence-corrected chi connectivity index (χ3v) is 3.34. The van der Waals surface area contributed by atoms with Gasteiger partial charge in [0.2, 0.25) is 0 Å². The minimum Gasteiger partial charge on any atom is -0.409 e. The van der Waals surface area contributed by atoms with Gasteiger partial charge in [0.25, 0.3) is 0 Å². The van der Waals surface area contributed by atoms with Crippen molar-refractivity contribution in [2.75, 3.05) is 20.8 Å². The molecular formula is C15H22ClNO4. The van der Waals surface area contributed by atoms with E-state index >= 15 is 0 Å². The lowest BCUT2D eigenvalue weighted by atomic mass is 10.3. The molecule has 0 bridgehead atoms. The fourth-order valence-electron chi connectivity index (χ4n) is 1.82. The van der Waals surface area contributed by atoms with Crippen LogP contribution in [-0.2, 0) is 9.47 Å². The van der Waals surface area contributed by atoms with Crippen LogP contribution in [0.1, 0.15) is 20.3 Å². The van der Waals surface area contributed by atoms with Gasteiger partial charge < -0.3 is 19.1 Å². The first-order valence-electron chi connectivity index (χ1n) is 6.78. The molecule has 0 atom stereocenters. The second kappa shape index (κ2) is 8.87. The number of nitrogens with zero attached hydrogens (tertiary/aromatic N) is 1. The van der Waals surface area contributed by atoms with Crippen LogP contribution < -0.4 is 4.74 Å². The molecule has 0 aliphatic rings. The number of ether oxygens (including phenoxy) is 3. The van der Waals surface area contributed by atoms with Gasteiger partial charge in [0.05, 0.1) is 5.02 Å². The average Bonchev–Trinajstić information content (AvgIpc) is 2.45. The van der Waals surface area contributed by atoms with Gasteiger partial charge >= 0.3 is 6.09 Å². The molecule has 0 saturated carbocycles. The molecule has 118 valence electrons. The molecule has 0 spiro atoms. The molecule has 1 aromatic rings. The highest BCUT2D eigenvalue weighted by Gasteiger charge is 2.21. The van der Waals surface area contributed by atoms with E-state index in [-0.39, 0.29) is 12.3 Å². The number of hydrogen-bond acceptors (Lipinski definition) is 4. The molecule has 0 heterocycles. The lowest BCUT2D eigenvalue weighted by molar-refractivity contribution is -0.108. The summed E-state index contributed by atoms with van der Waals surface area (Å²) in [6.07, 6.45) is -0.230. The smallest absolute Gasteiger partial charge is 0.409 e. The Hall–Kier alpha value is -1.30. The molecule has 0 N–H and O–H groups in total. The maximum Gasteiger partial charge on any atom is 0.415 e. The number of methoxy groups -OCH3 is 2. The third kappa shape index (κ3) is 5.53.